The van der Waals surface area contributed by atoms with Gasteiger partial charge in [-0.2, -0.15) is 0 Å². The Labute approximate surface area is 153 Å². The van der Waals surface area contributed by atoms with Gasteiger partial charge in [-0.15, -0.1) is 0 Å². The largest absolute Gasteiger partial charge is 0.340 e. The van der Waals surface area contributed by atoms with Crippen LogP contribution in [0.15, 0.2) is 36.5 Å². The van der Waals surface area contributed by atoms with Crippen molar-refractivity contribution < 1.29 is 4.79 Å². The molecule has 4 nitrogen and oxygen atoms in total. The summed E-state index contributed by atoms with van der Waals surface area (Å²) in [6.07, 6.45) is 3.86. The van der Waals surface area contributed by atoms with Gasteiger partial charge in [-0.25, -0.2) is 0 Å². The molecule has 0 spiro atoms. The first-order chi connectivity index (χ1) is 12.1. The molecule has 1 aromatic heterocycles. The van der Waals surface area contributed by atoms with Crippen LogP contribution in [0.1, 0.15) is 35.3 Å². The molecule has 1 aliphatic carbocycles. The van der Waals surface area contributed by atoms with E-state index in [1.807, 2.05) is 23.2 Å². The van der Waals surface area contributed by atoms with Crippen LogP contribution in [0.4, 0.5) is 0 Å². The molecule has 0 N–H and O–H groups in total. The lowest BCUT2D eigenvalue weighted by Gasteiger charge is -2.39. The fourth-order valence-corrected chi connectivity index (χ4v) is 4.24. The van der Waals surface area contributed by atoms with Gasteiger partial charge in [0.25, 0.3) is 0 Å². The molecule has 1 aromatic carbocycles. The first-order valence-corrected chi connectivity index (χ1v) is 9.23. The molecule has 5 heteroatoms. The van der Waals surface area contributed by atoms with E-state index >= 15 is 0 Å². The number of piperazine rings is 1. The number of aryl methyl sites for hydroxylation is 2. The van der Waals surface area contributed by atoms with E-state index in [1.54, 1.807) is 6.92 Å². The third-order valence-electron chi connectivity index (χ3n) is 5.37. The fraction of sp³-hybridized carbons (Fsp3) is 0.400. The third kappa shape index (κ3) is 3.16. The molecule has 2 aromatic rings. The molecule has 1 aliphatic heterocycles. The second-order valence-corrected chi connectivity index (χ2v) is 7.27. The molecule has 1 saturated heterocycles. The predicted octanol–water partition coefficient (Wildman–Crippen LogP) is 3.09. The summed E-state index contributed by atoms with van der Waals surface area (Å²) in [5, 5.41) is 0.790. The van der Waals surface area contributed by atoms with Gasteiger partial charge in [0.15, 0.2) is 0 Å². The molecule has 1 fully saturated rings. The fourth-order valence-electron chi connectivity index (χ4n) is 4.05. The van der Waals surface area contributed by atoms with Gasteiger partial charge in [0.2, 0.25) is 5.91 Å². The molecule has 0 saturated carbocycles. The highest BCUT2D eigenvalue weighted by atomic mass is 35.5. The zero-order valence-electron chi connectivity index (χ0n) is 14.4. The Balaban J connectivity index is 1.74. The summed E-state index contributed by atoms with van der Waals surface area (Å²) in [6.45, 7) is 4.92. The topological polar surface area (TPSA) is 36.4 Å². The number of carbonyl (C=O) groups is 1. The number of hydrogen-bond acceptors (Lipinski definition) is 3. The molecular weight excluding hydrogens is 334 g/mol. The maximum Gasteiger partial charge on any atom is 0.219 e. The maximum absolute atomic E-state index is 11.7. The Kier molecular flexibility index (Phi) is 4.48. The van der Waals surface area contributed by atoms with Crippen LogP contribution in [0.2, 0.25) is 5.02 Å². The van der Waals surface area contributed by atoms with Crippen molar-refractivity contribution in [1.82, 2.24) is 14.8 Å². The van der Waals surface area contributed by atoms with Crippen LogP contribution in [0.25, 0.3) is 0 Å². The van der Waals surface area contributed by atoms with E-state index in [-0.39, 0.29) is 11.9 Å². The van der Waals surface area contributed by atoms with Crippen LogP contribution in [0.3, 0.4) is 0 Å². The standard InChI is InChI=1S/C20H22ClN3O/c1-14(25)23-9-11-24(12-10-23)20-18-7-6-17(21)13-16(18)5-4-15-3-2-8-22-19(15)20/h2-3,6-8,13,20H,4-5,9-12H2,1H3. The first-order valence-electron chi connectivity index (χ1n) is 8.85. The lowest BCUT2D eigenvalue weighted by atomic mass is 9.96. The van der Waals surface area contributed by atoms with Crippen molar-refractivity contribution >= 4 is 17.5 Å². The molecule has 25 heavy (non-hydrogen) atoms. The highest BCUT2D eigenvalue weighted by molar-refractivity contribution is 6.30. The van der Waals surface area contributed by atoms with Crippen molar-refractivity contribution in [3.05, 3.63) is 63.9 Å². The highest BCUT2D eigenvalue weighted by Crippen LogP contribution is 2.37. The average Bonchev–Trinajstić information content (AvgIpc) is 2.78. The van der Waals surface area contributed by atoms with E-state index in [0.29, 0.717) is 0 Å². The molecule has 0 radical (unpaired) electrons. The number of rotatable bonds is 1. The van der Waals surface area contributed by atoms with Crippen molar-refractivity contribution in [2.45, 2.75) is 25.8 Å². The second-order valence-electron chi connectivity index (χ2n) is 6.84. The summed E-state index contributed by atoms with van der Waals surface area (Å²) >= 11 is 6.26. The first kappa shape index (κ1) is 16.6. The van der Waals surface area contributed by atoms with E-state index < -0.39 is 0 Å². The number of nitrogens with zero attached hydrogens (tertiary/aromatic N) is 3. The Morgan fingerprint density at radius 3 is 2.64 bits per heavy atom. The van der Waals surface area contributed by atoms with Gasteiger partial charge < -0.3 is 4.90 Å². The highest BCUT2D eigenvalue weighted by Gasteiger charge is 2.32. The normalized spacial score (nSPS) is 20.6. The predicted molar refractivity (Wildman–Crippen MR) is 98.8 cm³/mol. The van der Waals surface area contributed by atoms with Gasteiger partial charge in [-0.1, -0.05) is 23.7 Å². The summed E-state index contributed by atoms with van der Waals surface area (Å²) in [5.41, 5.74) is 5.08. The van der Waals surface area contributed by atoms with Crippen molar-refractivity contribution in [3.63, 3.8) is 0 Å². The number of halogens is 1. The molecule has 1 atom stereocenters. The number of fused-ring (bicyclic) bond motifs is 2. The van der Waals surface area contributed by atoms with Gasteiger partial charge in [-0.05, 0) is 47.7 Å². The minimum absolute atomic E-state index is 0.139. The maximum atomic E-state index is 11.7. The number of hydrogen-bond donors (Lipinski definition) is 0. The van der Waals surface area contributed by atoms with E-state index in [4.69, 9.17) is 16.6 Å². The van der Waals surface area contributed by atoms with Gasteiger partial charge in [0.1, 0.15) is 0 Å². The molecule has 1 amide bonds. The molecule has 0 bridgehead atoms. The van der Waals surface area contributed by atoms with Gasteiger partial charge in [0.05, 0.1) is 11.7 Å². The van der Waals surface area contributed by atoms with Crippen molar-refractivity contribution in [1.29, 1.82) is 0 Å². The van der Waals surface area contributed by atoms with Crippen molar-refractivity contribution in [2.24, 2.45) is 0 Å². The number of aromatic nitrogens is 1. The Bertz CT molecular complexity index is 799. The van der Waals surface area contributed by atoms with Crippen molar-refractivity contribution in [2.75, 3.05) is 26.2 Å². The van der Waals surface area contributed by atoms with Crippen molar-refractivity contribution in [3.8, 4) is 0 Å². The zero-order valence-corrected chi connectivity index (χ0v) is 15.2. The summed E-state index contributed by atoms with van der Waals surface area (Å²) in [7, 11) is 0. The number of pyridine rings is 1. The van der Waals surface area contributed by atoms with Gasteiger partial charge in [0, 0.05) is 44.3 Å². The average molecular weight is 356 g/mol. The SMILES string of the molecule is CC(=O)N1CCN(C2c3ccc(Cl)cc3CCc3cccnc32)CC1. The molecule has 4 rings (SSSR count). The summed E-state index contributed by atoms with van der Waals surface area (Å²) < 4.78 is 0. The van der Waals surface area contributed by atoms with Crippen LogP contribution in [0, 0.1) is 0 Å². The van der Waals surface area contributed by atoms with E-state index in [2.05, 4.69) is 23.1 Å². The Morgan fingerprint density at radius 2 is 1.88 bits per heavy atom. The van der Waals surface area contributed by atoms with E-state index in [0.717, 1.165) is 49.7 Å². The molecule has 2 heterocycles. The molecule has 1 unspecified atom stereocenters. The van der Waals surface area contributed by atoms with Gasteiger partial charge >= 0.3 is 0 Å². The minimum atomic E-state index is 0.139. The lowest BCUT2D eigenvalue weighted by Crippen LogP contribution is -2.49. The number of amides is 1. The monoisotopic (exact) mass is 355 g/mol. The van der Waals surface area contributed by atoms with Crippen LogP contribution in [0.5, 0.6) is 0 Å². The van der Waals surface area contributed by atoms with Crippen LogP contribution >= 0.6 is 11.6 Å². The third-order valence-corrected chi connectivity index (χ3v) is 5.61. The lowest BCUT2D eigenvalue weighted by molar-refractivity contribution is -0.130. The second kappa shape index (κ2) is 6.77. The van der Waals surface area contributed by atoms with E-state index in [9.17, 15) is 4.79 Å². The molecule has 2 aliphatic rings. The molecule has 130 valence electrons. The van der Waals surface area contributed by atoms with Crippen LogP contribution in [-0.4, -0.2) is 46.9 Å². The Morgan fingerprint density at radius 1 is 1.12 bits per heavy atom. The summed E-state index contributed by atoms with van der Waals surface area (Å²) in [6, 6.07) is 10.6. The minimum Gasteiger partial charge on any atom is -0.340 e. The van der Waals surface area contributed by atoms with Gasteiger partial charge in [-0.3, -0.25) is 14.7 Å². The van der Waals surface area contributed by atoms with Crippen LogP contribution < -0.4 is 0 Å². The molecular formula is C20H22ClN3O. The smallest absolute Gasteiger partial charge is 0.219 e. The van der Waals surface area contributed by atoms with Crippen LogP contribution in [-0.2, 0) is 17.6 Å². The number of carbonyl (C=O) groups excluding carboxylic acids is 1. The quantitative estimate of drug-likeness (QED) is 0.788. The number of benzene rings is 1. The zero-order chi connectivity index (χ0) is 17.4. The summed E-state index contributed by atoms with van der Waals surface area (Å²) in [4.78, 5) is 20.8. The Hall–Kier alpha value is -1.91. The van der Waals surface area contributed by atoms with E-state index in [1.165, 1.54) is 16.7 Å². The summed E-state index contributed by atoms with van der Waals surface area (Å²) in [5.74, 6) is 0.159.